The van der Waals surface area contributed by atoms with Crippen LogP contribution < -0.4 is 5.73 Å². The summed E-state index contributed by atoms with van der Waals surface area (Å²) in [6, 6.07) is 0.0545. The van der Waals surface area contributed by atoms with E-state index in [-0.39, 0.29) is 11.9 Å². The molecule has 1 unspecified atom stereocenters. The molecule has 5 nitrogen and oxygen atoms in total. The van der Waals surface area contributed by atoms with Crippen molar-refractivity contribution in [2.45, 2.75) is 13.8 Å². The summed E-state index contributed by atoms with van der Waals surface area (Å²) >= 11 is 4.93. The number of nitrogens with zero attached hydrogens (tertiary/aromatic N) is 2. The number of carbonyl (C=O) groups excluding carboxylic acids is 1. The van der Waals surface area contributed by atoms with Gasteiger partial charge in [-0.2, -0.15) is 0 Å². The van der Waals surface area contributed by atoms with Crippen LogP contribution in [0.4, 0.5) is 4.79 Å². The summed E-state index contributed by atoms with van der Waals surface area (Å²) in [5, 5.41) is 0. The molecule has 1 saturated heterocycles. The third-order valence-electron chi connectivity index (χ3n) is 2.91. The van der Waals surface area contributed by atoms with Gasteiger partial charge in [-0.1, -0.05) is 19.1 Å². The Hall–Kier alpha value is -0.880. The van der Waals surface area contributed by atoms with Crippen molar-refractivity contribution in [3.63, 3.8) is 0 Å². The van der Waals surface area contributed by atoms with Crippen LogP contribution in [0.5, 0.6) is 0 Å². The molecule has 0 saturated carbocycles. The van der Waals surface area contributed by atoms with E-state index in [4.69, 9.17) is 22.7 Å². The maximum atomic E-state index is 12.2. The van der Waals surface area contributed by atoms with Gasteiger partial charge in [0.2, 0.25) is 0 Å². The van der Waals surface area contributed by atoms with Crippen LogP contribution >= 0.6 is 12.2 Å². The number of amides is 2. The van der Waals surface area contributed by atoms with Crippen LogP contribution in [-0.4, -0.2) is 60.2 Å². The van der Waals surface area contributed by atoms with Gasteiger partial charge in [0.25, 0.3) is 0 Å². The van der Waals surface area contributed by atoms with E-state index in [1.54, 1.807) is 4.90 Å². The van der Waals surface area contributed by atoms with Gasteiger partial charge in [0.1, 0.15) is 0 Å². The smallest absolute Gasteiger partial charge is 0.320 e. The lowest BCUT2D eigenvalue weighted by Gasteiger charge is -2.33. The lowest BCUT2D eigenvalue weighted by molar-refractivity contribution is 0.0432. The first kappa shape index (κ1) is 14.2. The Kier molecular flexibility index (Phi) is 5.64. The molecule has 2 N–H and O–H groups in total. The Balaban J connectivity index is 2.53. The van der Waals surface area contributed by atoms with E-state index in [1.807, 2.05) is 18.7 Å². The van der Waals surface area contributed by atoms with Gasteiger partial charge in [0.05, 0.1) is 18.2 Å². The highest BCUT2D eigenvalue weighted by Crippen LogP contribution is 2.07. The van der Waals surface area contributed by atoms with Gasteiger partial charge in [-0.25, -0.2) is 4.79 Å². The van der Waals surface area contributed by atoms with Crippen LogP contribution in [0.25, 0.3) is 0 Å². The normalized spacial score (nSPS) is 17.6. The highest BCUT2D eigenvalue weighted by molar-refractivity contribution is 7.80. The molecule has 2 amide bonds. The number of urea groups is 1. The van der Waals surface area contributed by atoms with Gasteiger partial charge in [-0.3, -0.25) is 0 Å². The molecule has 1 heterocycles. The SMILES string of the molecule is CCN(CC(C)C(N)=S)C(=O)N1CCOCC1. The van der Waals surface area contributed by atoms with Crippen LogP contribution in [0.15, 0.2) is 0 Å². The zero-order valence-electron chi connectivity index (χ0n) is 10.5. The van der Waals surface area contributed by atoms with Crippen LogP contribution in [0.2, 0.25) is 0 Å². The van der Waals surface area contributed by atoms with Gasteiger partial charge in [-0.05, 0) is 6.92 Å². The van der Waals surface area contributed by atoms with Gasteiger partial charge in [-0.15, -0.1) is 0 Å². The Labute approximate surface area is 108 Å². The minimum absolute atomic E-state index is 0.0509. The number of hydrogen-bond acceptors (Lipinski definition) is 3. The van der Waals surface area contributed by atoms with E-state index in [9.17, 15) is 4.79 Å². The van der Waals surface area contributed by atoms with Gasteiger partial charge >= 0.3 is 6.03 Å². The van der Waals surface area contributed by atoms with Crippen molar-refractivity contribution in [2.75, 3.05) is 39.4 Å². The highest BCUT2D eigenvalue weighted by Gasteiger charge is 2.23. The molecular weight excluding hydrogens is 238 g/mol. The molecule has 0 spiro atoms. The number of ether oxygens (including phenoxy) is 1. The molecule has 6 heteroatoms. The fourth-order valence-corrected chi connectivity index (χ4v) is 1.79. The number of morpholine rings is 1. The Bertz CT molecular complexity index is 280. The van der Waals surface area contributed by atoms with E-state index < -0.39 is 0 Å². The van der Waals surface area contributed by atoms with Crippen molar-refractivity contribution in [3.05, 3.63) is 0 Å². The minimum atomic E-state index is 0.0509. The lowest BCUT2D eigenvalue weighted by atomic mass is 10.1. The molecule has 1 aliphatic rings. The van der Waals surface area contributed by atoms with Gasteiger partial charge in [0.15, 0.2) is 0 Å². The third-order valence-corrected chi connectivity index (χ3v) is 3.32. The fraction of sp³-hybridized carbons (Fsp3) is 0.818. The maximum absolute atomic E-state index is 12.2. The molecule has 1 rings (SSSR count). The Morgan fingerprint density at radius 3 is 2.59 bits per heavy atom. The zero-order chi connectivity index (χ0) is 12.8. The maximum Gasteiger partial charge on any atom is 0.320 e. The average molecular weight is 259 g/mol. The number of thiocarbonyl (C=S) groups is 1. The van der Waals surface area contributed by atoms with Crippen LogP contribution in [0.3, 0.4) is 0 Å². The van der Waals surface area contributed by atoms with Crippen molar-refractivity contribution in [2.24, 2.45) is 11.7 Å². The molecule has 0 aromatic heterocycles. The summed E-state index contributed by atoms with van der Waals surface area (Å²) < 4.78 is 5.23. The minimum Gasteiger partial charge on any atom is -0.393 e. The largest absolute Gasteiger partial charge is 0.393 e. The summed E-state index contributed by atoms with van der Waals surface area (Å²) in [5.41, 5.74) is 5.58. The highest BCUT2D eigenvalue weighted by atomic mass is 32.1. The van der Waals surface area contributed by atoms with Gasteiger partial charge < -0.3 is 20.3 Å². The third kappa shape index (κ3) is 4.12. The van der Waals surface area contributed by atoms with Crippen molar-refractivity contribution in [3.8, 4) is 0 Å². The predicted octanol–water partition coefficient (Wildman–Crippen LogP) is 0.683. The summed E-state index contributed by atoms with van der Waals surface area (Å²) in [7, 11) is 0. The molecule has 1 fully saturated rings. The number of hydrogen-bond donors (Lipinski definition) is 1. The Morgan fingerprint density at radius 1 is 1.53 bits per heavy atom. The zero-order valence-corrected chi connectivity index (χ0v) is 11.3. The quantitative estimate of drug-likeness (QED) is 0.754. The van der Waals surface area contributed by atoms with Crippen LogP contribution in [0, 0.1) is 5.92 Å². The summed E-state index contributed by atoms with van der Waals surface area (Å²) in [6.45, 7) is 7.73. The first-order valence-corrected chi connectivity index (χ1v) is 6.38. The number of rotatable bonds is 4. The van der Waals surface area contributed by atoms with E-state index in [2.05, 4.69) is 0 Å². The van der Waals surface area contributed by atoms with Crippen LogP contribution in [0.1, 0.15) is 13.8 Å². The molecule has 0 aromatic rings. The van der Waals surface area contributed by atoms with Crippen LogP contribution in [-0.2, 0) is 4.74 Å². The van der Waals surface area contributed by atoms with Gasteiger partial charge in [0, 0.05) is 32.1 Å². The molecule has 17 heavy (non-hydrogen) atoms. The second-order valence-electron chi connectivity index (χ2n) is 4.22. The molecule has 1 aliphatic heterocycles. The van der Waals surface area contributed by atoms with E-state index >= 15 is 0 Å². The van der Waals surface area contributed by atoms with Crippen molar-refractivity contribution < 1.29 is 9.53 Å². The number of carbonyl (C=O) groups is 1. The van der Waals surface area contributed by atoms with Crippen molar-refractivity contribution in [1.29, 1.82) is 0 Å². The van der Waals surface area contributed by atoms with E-state index in [0.29, 0.717) is 44.4 Å². The second kappa shape index (κ2) is 6.76. The lowest BCUT2D eigenvalue weighted by Crippen LogP contribution is -2.49. The van der Waals surface area contributed by atoms with Crippen molar-refractivity contribution >= 4 is 23.2 Å². The first-order valence-electron chi connectivity index (χ1n) is 5.97. The summed E-state index contributed by atoms with van der Waals surface area (Å²) in [5.74, 6) is 0.0509. The first-order chi connectivity index (χ1) is 8.06. The Morgan fingerprint density at radius 2 is 2.12 bits per heavy atom. The monoisotopic (exact) mass is 259 g/mol. The summed E-state index contributed by atoms with van der Waals surface area (Å²) in [6.07, 6.45) is 0. The summed E-state index contributed by atoms with van der Waals surface area (Å²) in [4.78, 5) is 16.3. The molecule has 0 aliphatic carbocycles. The average Bonchev–Trinajstić information content (AvgIpc) is 2.35. The topological polar surface area (TPSA) is 58.8 Å². The molecular formula is C11H21N3O2S. The second-order valence-corrected chi connectivity index (χ2v) is 4.70. The standard InChI is InChI=1S/C11H21N3O2S/c1-3-13(8-9(2)10(12)17)11(15)14-4-6-16-7-5-14/h9H,3-8H2,1-2H3,(H2,12,17). The van der Waals surface area contributed by atoms with E-state index in [0.717, 1.165) is 0 Å². The predicted molar refractivity (Wildman–Crippen MR) is 71.0 cm³/mol. The molecule has 98 valence electrons. The molecule has 0 radical (unpaired) electrons. The molecule has 0 bridgehead atoms. The van der Waals surface area contributed by atoms with E-state index in [1.165, 1.54) is 0 Å². The molecule has 1 atom stereocenters. The fourth-order valence-electron chi connectivity index (χ4n) is 1.72. The van der Waals surface area contributed by atoms with Crippen molar-refractivity contribution in [1.82, 2.24) is 9.80 Å². The number of nitrogens with two attached hydrogens (primary N) is 1. The molecule has 0 aromatic carbocycles.